The molecule has 1 N–H and O–H groups in total. The van der Waals surface area contributed by atoms with Crippen LogP contribution in [-0.2, 0) is 16.2 Å². The van der Waals surface area contributed by atoms with Crippen LogP contribution in [0.2, 0.25) is 5.02 Å². The van der Waals surface area contributed by atoms with Gasteiger partial charge in [0, 0.05) is 6.42 Å². The third kappa shape index (κ3) is 4.24. The minimum Gasteiger partial charge on any atom is -0.382 e. The van der Waals surface area contributed by atoms with E-state index in [1.165, 1.54) is 41.3 Å². The predicted octanol–water partition coefficient (Wildman–Crippen LogP) is 3.39. The predicted molar refractivity (Wildman–Crippen MR) is 102 cm³/mol. The molecule has 4 rings (SSSR count). The second-order valence-electron chi connectivity index (χ2n) is 6.31. The van der Waals surface area contributed by atoms with Crippen LogP contribution >= 0.6 is 11.6 Å². The summed E-state index contributed by atoms with van der Waals surface area (Å²) < 4.78 is 28.5. The number of anilines is 1. The van der Waals surface area contributed by atoms with E-state index in [4.69, 9.17) is 16.4 Å². The van der Waals surface area contributed by atoms with Crippen molar-refractivity contribution in [3.63, 3.8) is 0 Å². The monoisotopic (exact) mass is 417 g/mol. The highest BCUT2D eigenvalue weighted by Gasteiger charge is 2.31. The molecule has 0 fully saturated rings. The maximum absolute atomic E-state index is 14.0. The average molecular weight is 418 g/mol. The van der Waals surface area contributed by atoms with E-state index in [0.717, 1.165) is 5.56 Å². The van der Waals surface area contributed by atoms with Gasteiger partial charge in [0.2, 0.25) is 12.1 Å². The van der Waals surface area contributed by atoms with Crippen LogP contribution in [0, 0.1) is 11.6 Å². The molecule has 2 heterocycles. The Labute approximate surface area is 168 Å². The van der Waals surface area contributed by atoms with Crippen LogP contribution in [-0.4, -0.2) is 32.5 Å². The van der Waals surface area contributed by atoms with Crippen LogP contribution in [0.15, 0.2) is 53.9 Å². The third-order valence-electron chi connectivity index (χ3n) is 4.24. The highest BCUT2D eigenvalue weighted by Crippen LogP contribution is 2.25. The summed E-state index contributed by atoms with van der Waals surface area (Å²) in [6.45, 7) is 0.363. The highest BCUT2D eigenvalue weighted by atomic mass is 35.5. The molecular formula is C19H14ClF2N5O2. The van der Waals surface area contributed by atoms with E-state index < -0.39 is 17.8 Å². The van der Waals surface area contributed by atoms with Crippen LogP contribution in [0.25, 0.3) is 0 Å². The molecule has 7 nitrogen and oxygen atoms in total. The molecule has 10 heteroatoms. The molecule has 29 heavy (non-hydrogen) atoms. The van der Waals surface area contributed by atoms with Gasteiger partial charge in [-0.2, -0.15) is 0 Å². The minimum absolute atomic E-state index is 0.0583. The molecule has 0 aliphatic carbocycles. The number of halogens is 3. The van der Waals surface area contributed by atoms with Crippen molar-refractivity contribution in [2.45, 2.75) is 19.1 Å². The maximum atomic E-state index is 14.0. The van der Waals surface area contributed by atoms with E-state index in [1.54, 1.807) is 12.1 Å². The lowest BCUT2D eigenvalue weighted by Crippen LogP contribution is -2.28. The number of aromatic nitrogens is 3. The number of hydrogen-bond donors (Lipinski definition) is 1. The van der Waals surface area contributed by atoms with Gasteiger partial charge in [-0.1, -0.05) is 35.0 Å². The SMILES string of the molecule is O=C(Nc1ncn(Cc2ccc(F)cc2)n1)C1CC(c2c(F)cccc2Cl)=NO1. The molecule has 0 saturated heterocycles. The summed E-state index contributed by atoms with van der Waals surface area (Å²) in [6, 6.07) is 10.2. The van der Waals surface area contributed by atoms with Crippen molar-refractivity contribution >= 4 is 29.2 Å². The van der Waals surface area contributed by atoms with Crippen molar-refractivity contribution in [3.8, 4) is 0 Å². The Morgan fingerprint density at radius 3 is 2.79 bits per heavy atom. The largest absolute Gasteiger partial charge is 0.382 e. The lowest BCUT2D eigenvalue weighted by atomic mass is 10.0. The first kappa shape index (κ1) is 19.0. The van der Waals surface area contributed by atoms with E-state index in [9.17, 15) is 13.6 Å². The summed E-state index contributed by atoms with van der Waals surface area (Å²) in [6.07, 6.45) is 0.544. The van der Waals surface area contributed by atoms with Crippen LogP contribution < -0.4 is 5.32 Å². The molecule has 1 aliphatic heterocycles. The van der Waals surface area contributed by atoms with Gasteiger partial charge in [0.25, 0.3) is 5.91 Å². The van der Waals surface area contributed by atoms with Gasteiger partial charge in [0.15, 0.2) is 0 Å². The van der Waals surface area contributed by atoms with Crippen molar-refractivity contribution in [1.29, 1.82) is 0 Å². The molecule has 0 saturated carbocycles. The lowest BCUT2D eigenvalue weighted by molar-refractivity contribution is -0.125. The number of nitrogens with zero attached hydrogens (tertiary/aromatic N) is 4. The minimum atomic E-state index is -0.954. The van der Waals surface area contributed by atoms with Crippen molar-refractivity contribution in [2.75, 3.05) is 5.32 Å². The Morgan fingerprint density at radius 1 is 1.24 bits per heavy atom. The molecule has 0 spiro atoms. The van der Waals surface area contributed by atoms with Gasteiger partial charge in [0.1, 0.15) is 18.0 Å². The van der Waals surface area contributed by atoms with E-state index in [1.807, 2.05) is 0 Å². The Bertz CT molecular complexity index is 1060. The van der Waals surface area contributed by atoms with Crippen LogP contribution in [0.5, 0.6) is 0 Å². The summed E-state index contributed by atoms with van der Waals surface area (Å²) in [7, 11) is 0. The first-order chi connectivity index (χ1) is 14.0. The van der Waals surface area contributed by atoms with Crippen molar-refractivity contribution in [1.82, 2.24) is 14.8 Å². The first-order valence-corrected chi connectivity index (χ1v) is 8.99. The Kier molecular flexibility index (Phi) is 5.22. The number of hydrogen-bond acceptors (Lipinski definition) is 5. The van der Waals surface area contributed by atoms with E-state index >= 15 is 0 Å². The second-order valence-corrected chi connectivity index (χ2v) is 6.72. The van der Waals surface area contributed by atoms with E-state index in [-0.39, 0.29) is 34.5 Å². The van der Waals surface area contributed by atoms with Crippen LogP contribution in [0.1, 0.15) is 17.5 Å². The smallest absolute Gasteiger partial charge is 0.271 e. The molecule has 1 atom stereocenters. The summed E-state index contributed by atoms with van der Waals surface area (Å²) in [5.41, 5.74) is 1.20. The van der Waals surface area contributed by atoms with Crippen molar-refractivity contribution in [3.05, 3.63) is 76.6 Å². The number of nitrogens with one attached hydrogen (secondary N) is 1. The van der Waals surface area contributed by atoms with Gasteiger partial charge in [-0.15, -0.1) is 5.10 Å². The summed E-state index contributed by atoms with van der Waals surface area (Å²) in [5.74, 6) is -1.30. The molecule has 1 aliphatic rings. The summed E-state index contributed by atoms with van der Waals surface area (Å²) in [5, 5.41) is 10.7. The number of benzene rings is 2. The van der Waals surface area contributed by atoms with E-state index in [0.29, 0.717) is 6.54 Å². The molecule has 3 aromatic rings. The molecule has 1 amide bonds. The van der Waals surface area contributed by atoms with Gasteiger partial charge >= 0.3 is 0 Å². The zero-order valence-corrected chi connectivity index (χ0v) is 15.6. The fraction of sp³-hybridized carbons (Fsp3) is 0.158. The molecular weight excluding hydrogens is 404 g/mol. The molecule has 148 valence electrons. The molecule has 1 unspecified atom stereocenters. The van der Waals surface area contributed by atoms with Crippen LogP contribution in [0.4, 0.5) is 14.7 Å². The third-order valence-corrected chi connectivity index (χ3v) is 4.56. The highest BCUT2D eigenvalue weighted by molar-refractivity contribution is 6.34. The fourth-order valence-corrected chi connectivity index (χ4v) is 3.11. The molecule has 0 radical (unpaired) electrons. The zero-order valence-electron chi connectivity index (χ0n) is 14.8. The number of oxime groups is 1. The molecule has 2 aromatic carbocycles. The van der Waals surface area contributed by atoms with Gasteiger partial charge in [-0.05, 0) is 29.8 Å². The normalized spacial score (nSPS) is 15.7. The Hall–Kier alpha value is -3.33. The van der Waals surface area contributed by atoms with E-state index in [2.05, 4.69) is 20.6 Å². The first-order valence-electron chi connectivity index (χ1n) is 8.61. The topological polar surface area (TPSA) is 81.4 Å². The average Bonchev–Trinajstić information content (AvgIpc) is 3.33. The maximum Gasteiger partial charge on any atom is 0.271 e. The van der Waals surface area contributed by atoms with Gasteiger partial charge < -0.3 is 4.84 Å². The van der Waals surface area contributed by atoms with Gasteiger partial charge in [-0.3, -0.25) is 10.1 Å². The Morgan fingerprint density at radius 2 is 2.03 bits per heavy atom. The van der Waals surface area contributed by atoms with Crippen LogP contribution in [0.3, 0.4) is 0 Å². The molecule has 0 bridgehead atoms. The fourth-order valence-electron chi connectivity index (χ4n) is 2.83. The number of carbonyl (C=O) groups is 1. The number of carbonyl (C=O) groups excluding carboxylic acids is 1. The van der Waals surface area contributed by atoms with Gasteiger partial charge in [-0.25, -0.2) is 18.4 Å². The zero-order chi connectivity index (χ0) is 20.4. The van der Waals surface area contributed by atoms with Crippen molar-refractivity contribution < 1.29 is 18.4 Å². The summed E-state index contributed by atoms with van der Waals surface area (Å²) in [4.78, 5) is 21.5. The molecule has 1 aromatic heterocycles. The Balaban J connectivity index is 1.37. The van der Waals surface area contributed by atoms with Gasteiger partial charge in [0.05, 0.1) is 22.8 Å². The quantitative estimate of drug-likeness (QED) is 0.690. The number of amides is 1. The lowest BCUT2D eigenvalue weighted by Gasteiger charge is -2.07. The standard InChI is InChI=1S/C19H14ClF2N5O2/c20-13-2-1-3-14(22)17(13)15-8-16(29-26-15)18(28)24-19-23-10-27(25-19)9-11-4-6-12(21)7-5-11/h1-7,10,16H,8-9H2,(H,24,25,28). The second kappa shape index (κ2) is 7.96. The summed E-state index contributed by atoms with van der Waals surface area (Å²) >= 11 is 6.02. The van der Waals surface area contributed by atoms with Crippen molar-refractivity contribution in [2.24, 2.45) is 5.16 Å². The number of rotatable bonds is 5.